The summed E-state index contributed by atoms with van der Waals surface area (Å²) < 4.78 is 6.89. The molecule has 108 valence electrons. The van der Waals surface area contributed by atoms with Crippen LogP contribution in [0.15, 0.2) is 12.3 Å². The molecule has 5 nitrogen and oxygen atoms in total. The number of aromatic nitrogens is 2. The summed E-state index contributed by atoms with van der Waals surface area (Å²) >= 11 is 0. The van der Waals surface area contributed by atoms with E-state index in [9.17, 15) is 4.79 Å². The van der Waals surface area contributed by atoms with Gasteiger partial charge in [-0.1, -0.05) is 19.3 Å². The predicted molar refractivity (Wildman–Crippen MR) is 73.8 cm³/mol. The lowest BCUT2D eigenvalue weighted by Gasteiger charge is -2.21. The maximum atomic E-state index is 11.6. The summed E-state index contributed by atoms with van der Waals surface area (Å²) in [6.07, 6.45) is 8.44. The molecule has 1 aromatic heterocycles. The van der Waals surface area contributed by atoms with Gasteiger partial charge in [-0.3, -0.25) is 9.48 Å². The smallest absolute Gasteiger partial charge is 0.323 e. The molecule has 0 bridgehead atoms. The fraction of sp³-hybridized carbons (Fsp3) is 0.667. The average molecular weight is 275 g/mol. The van der Waals surface area contributed by atoms with Gasteiger partial charge in [0, 0.05) is 12.6 Å². The van der Waals surface area contributed by atoms with Crippen molar-refractivity contribution in [1.82, 2.24) is 9.78 Å². The molecule has 1 aromatic rings. The number of esters is 1. The van der Waals surface area contributed by atoms with Crippen molar-refractivity contribution < 1.29 is 9.53 Å². The molecular formula is C15H21N3O2. The van der Waals surface area contributed by atoms with Gasteiger partial charge in [0.05, 0.1) is 24.4 Å². The first kappa shape index (κ1) is 14.6. The van der Waals surface area contributed by atoms with Gasteiger partial charge < -0.3 is 4.74 Å². The highest BCUT2D eigenvalue weighted by atomic mass is 16.5. The molecule has 1 heterocycles. The Kier molecular flexibility index (Phi) is 5.16. The van der Waals surface area contributed by atoms with Crippen molar-refractivity contribution in [1.29, 1.82) is 5.26 Å². The van der Waals surface area contributed by atoms with Crippen LogP contribution >= 0.6 is 0 Å². The fourth-order valence-corrected chi connectivity index (χ4v) is 2.67. The second-order valence-electron chi connectivity index (χ2n) is 5.22. The van der Waals surface area contributed by atoms with E-state index in [0.717, 1.165) is 5.69 Å². The average Bonchev–Trinajstić information content (AvgIpc) is 2.94. The van der Waals surface area contributed by atoms with E-state index >= 15 is 0 Å². The number of ether oxygens (including phenoxy) is 1. The van der Waals surface area contributed by atoms with E-state index < -0.39 is 11.9 Å². The van der Waals surface area contributed by atoms with Gasteiger partial charge in [-0.25, -0.2) is 0 Å². The van der Waals surface area contributed by atoms with Crippen molar-refractivity contribution in [2.24, 2.45) is 5.92 Å². The molecule has 0 N–H and O–H groups in total. The summed E-state index contributed by atoms with van der Waals surface area (Å²) in [4.78, 5) is 11.6. The van der Waals surface area contributed by atoms with E-state index in [-0.39, 0.29) is 0 Å². The van der Waals surface area contributed by atoms with Gasteiger partial charge in [0.15, 0.2) is 0 Å². The van der Waals surface area contributed by atoms with Gasteiger partial charge >= 0.3 is 5.97 Å². The highest BCUT2D eigenvalue weighted by Gasteiger charge is 2.22. The molecule has 0 saturated heterocycles. The molecular weight excluding hydrogens is 254 g/mol. The van der Waals surface area contributed by atoms with Crippen LogP contribution < -0.4 is 0 Å². The summed E-state index contributed by atoms with van der Waals surface area (Å²) in [5, 5.41) is 13.6. The first-order valence-electron chi connectivity index (χ1n) is 7.35. The van der Waals surface area contributed by atoms with Crippen molar-refractivity contribution >= 4 is 5.97 Å². The largest absolute Gasteiger partial charge is 0.465 e. The molecule has 1 aliphatic carbocycles. The van der Waals surface area contributed by atoms with Crippen LogP contribution in [-0.2, 0) is 16.0 Å². The van der Waals surface area contributed by atoms with E-state index in [2.05, 4.69) is 5.10 Å². The third kappa shape index (κ3) is 3.60. The van der Waals surface area contributed by atoms with E-state index in [1.807, 2.05) is 23.0 Å². The Morgan fingerprint density at radius 2 is 2.30 bits per heavy atom. The summed E-state index contributed by atoms with van der Waals surface area (Å²) in [6, 6.07) is 4.37. The van der Waals surface area contributed by atoms with Crippen molar-refractivity contribution in [2.45, 2.75) is 51.5 Å². The van der Waals surface area contributed by atoms with Crippen LogP contribution in [-0.4, -0.2) is 22.4 Å². The molecule has 20 heavy (non-hydrogen) atoms. The first-order chi connectivity index (χ1) is 9.74. The predicted octanol–water partition coefficient (Wildman–Crippen LogP) is 2.63. The number of rotatable bonds is 5. The Hall–Kier alpha value is -1.83. The third-order valence-corrected chi connectivity index (χ3v) is 3.75. The number of nitriles is 1. The fourth-order valence-electron chi connectivity index (χ4n) is 2.67. The molecule has 0 amide bonds. The van der Waals surface area contributed by atoms with E-state index in [0.29, 0.717) is 19.1 Å². The second kappa shape index (κ2) is 7.09. The molecule has 0 radical (unpaired) electrons. The van der Waals surface area contributed by atoms with Crippen LogP contribution in [0.4, 0.5) is 0 Å². The quantitative estimate of drug-likeness (QED) is 0.775. The highest BCUT2D eigenvalue weighted by Crippen LogP contribution is 2.27. The maximum Gasteiger partial charge on any atom is 0.323 e. The van der Waals surface area contributed by atoms with Gasteiger partial charge in [0.2, 0.25) is 0 Å². The molecule has 0 spiro atoms. The lowest BCUT2D eigenvalue weighted by Crippen LogP contribution is -2.19. The molecule has 1 unspecified atom stereocenters. The molecule has 2 rings (SSSR count). The van der Waals surface area contributed by atoms with Gasteiger partial charge in [-0.15, -0.1) is 0 Å². The molecule has 1 saturated carbocycles. The number of hydrogen-bond donors (Lipinski definition) is 0. The zero-order valence-electron chi connectivity index (χ0n) is 11.9. The normalized spacial score (nSPS) is 17.4. The minimum absolute atomic E-state index is 0.299. The molecule has 5 heteroatoms. The van der Waals surface area contributed by atoms with E-state index in [1.54, 1.807) is 6.92 Å². The first-order valence-corrected chi connectivity index (χ1v) is 7.35. The number of nitrogens with zero attached hydrogens (tertiary/aromatic N) is 3. The SMILES string of the molecule is CCOC(=O)C(C#N)Cc1ccn(C2CCCCC2)n1. The van der Waals surface area contributed by atoms with E-state index in [1.165, 1.54) is 32.1 Å². The maximum absolute atomic E-state index is 11.6. The minimum atomic E-state index is -0.760. The van der Waals surface area contributed by atoms with Crippen LogP contribution in [0, 0.1) is 17.2 Å². The van der Waals surface area contributed by atoms with E-state index in [4.69, 9.17) is 10.00 Å². The van der Waals surface area contributed by atoms with Crippen molar-refractivity contribution in [3.63, 3.8) is 0 Å². The lowest BCUT2D eigenvalue weighted by molar-refractivity contribution is -0.146. The zero-order valence-corrected chi connectivity index (χ0v) is 11.9. The van der Waals surface area contributed by atoms with Crippen LogP contribution in [0.3, 0.4) is 0 Å². The molecule has 1 atom stereocenters. The Morgan fingerprint density at radius 3 is 2.95 bits per heavy atom. The lowest BCUT2D eigenvalue weighted by atomic mass is 9.96. The van der Waals surface area contributed by atoms with Crippen LogP contribution in [0.1, 0.15) is 50.8 Å². The monoisotopic (exact) mass is 275 g/mol. The number of hydrogen-bond acceptors (Lipinski definition) is 4. The molecule has 1 fully saturated rings. The van der Waals surface area contributed by atoms with Gasteiger partial charge in [0.25, 0.3) is 0 Å². The Bertz CT molecular complexity index is 484. The van der Waals surface area contributed by atoms with Crippen LogP contribution in [0.2, 0.25) is 0 Å². The molecule has 0 aromatic carbocycles. The molecule has 0 aliphatic heterocycles. The van der Waals surface area contributed by atoms with Gasteiger partial charge in [0.1, 0.15) is 5.92 Å². The van der Waals surface area contributed by atoms with Crippen LogP contribution in [0.5, 0.6) is 0 Å². The highest BCUT2D eigenvalue weighted by molar-refractivity contribution is 5.75. The van der Waals surface area contributed by atoms with Crippen molar-refractivity contribution in [3.05, 3.63) is 18.0 Å². The van der Waals surface area contributed by atoms with Gasteiger partial charge in [-0.2, -0.15) is 10.4 Å². The van der Waals surface area contributed by atoms with Crippen molar-refractivity contribution in [3.8, 4) is 6.07 Å². The topological polar surface area (TPSA) is 67.9 Å². The zero-order chi connectivity index (χ0) is 14.4. The summed E-state index contributed by atoms with van der Waals surface area (Å²) in [5.74, 6) is -1.22. The van der Waals surface area contributed by atoms with Crippen LogP contribution in [0.25, 0.3) is 0 Å². The van der Waals surface area contributed by atoms with Gasteiger partial charge in [-0.05, 0) is 25.8 Å². The third-order valence-electron chi connectivity index (χ3n) is 3.75. The summed E-state index contributed by atoms with van der Waals surface area (Å²) in [6.45, 7) is 2.04. The standard InChI is InChI=1S/C15H21N3O2/c1-2-20-15(19)12(11-16)10-13-8-9-18(17-13)14-6-4-3-5-7-14/h8-9,12,14H,2-7,10H2,1H3. The summed E-state index contributed by atoms with van der Waals surface area (Å²) in [7, 11) is 0. The summed E-state index contributed by atoms with van der Waals surface area (Å²) in [5.41, 5.74) is 0.787. The van der Waals surface area contributed by atoms with Crippen molar-refractivity contribution in [2.75, 3.05) is 6.61 Å². The minimum Gasteiger partial charge on any atom is -0.465 e. The second-order valence-corrected chi connectivity index (χ2v) is 5.22. The number of carbonyl (C=O) groups is 1. The Balaban J connectivity index is 1.97. The molecule has 1 aliphatic rings. The Labute approximate surface area is 119 Å². The number of carbonyl (C=O) groups excluding carboxylic acids is 1. The Morgan fingerprint density at radius 1 is 1.55 bits per heavy atom.